The normalized spacial score (nSPS) is 10.8. The topological polar surface area (TPSA) is 21.3 Å². The van der Waals surface area contributed by atoms with Gasteiger partial charge in [0.15, 0.2) is 0 Å². The summed E-state index contributed by atoms with van der Waals surface area (Å²) in [6.07, 6.45) is 0. The zero-order valence-corrected chi connectivity index (χ0v) is 19.0. The first-order valence-electron chi connectivity index (χ1n) is 10.1. The Balaban J connectivity index is 1.70. The molecule has 0 aliphatic heterocycles. The van der Waals surface area contributed by atoms with Gasteiger partial charge in [-0.25, -0.2) is 0 Å². The summed E-state index contributed by atoms with van der Waals surface area (Å²) < 4.78 is 6.20. The molecule has 0 spiro atoms. The molecule has 0 fully saturated rings. The second-order valence-electron chi connectivity index (χ2n) is 7.48. The van der Waals surface area contributed by atoms with Crippen LogP contribution in [-0.2, 0) is 6.54 Å². The minimum absolute atomic E-state index is 0.469. The lowest BCUT2D eigenvalue weighted by atomic mass is 9.97. The van der Waals surface area contributed by atoms with Crippen molar-refractivity contribution in [2.75, 3.05) is 7.05 Å². The fraction of sp³-hybridized carbons (Fsp3) is 0.111. The Morgan fingerprint density at radius 1 is 0.710 bits per heavy atom. The molecule has 0 unspecified atom stereocenters. The molecule has 0 bridgehead atoms. The summed E-state index contributed by atoms with van der Waals surface area (Å²) in [4.78, 5) is 0. The summed E-state index contributed by atoms with van der Waals surface area (Å²) >= 11 is 12.2. The smallest absolute Gasteiger partial charge is 0.132 e. The van der Waals surface area contributed by atoms with E-state index in [9.17, 15) is 0 Å². The maximum Gasteiger partial charge on any atom is 0.132 e. The highest BCUT2D eigenvalue weighted by Crippen LogP contribution is 2.34. The first-order chi connectivity index (χ1) is 15.0. The predicted octanol–water partition coefficient (Wildman–Crippen LogP) is 8.15. The molecular weight excluding hydrogens is 425 g/mol. The van der Waals surface area contributed by atoms with Crippen molar-refractivity contribution in [3.63, 3.8) is 0 Å². The van der Waals surface area contributed by atoms with Crippen molar-refractivity contribution in [2.24, 2.45) is 0 Å². The Labute approximate surface area is 193 Å². The third kappa shape index (κ3) is 5.11. The number of hydrogen-bond donors (Lipinski definition) is 1. The molecular formula is C27H23Cl2NO. The van der Waals surface area contributed by atoms with Gasteiger partial charge >= 0.3 is 0 Å². The standard InChI is InChI=1S/C27H23Cl2NO/c1-18-6-8-19(9-7-18)20-4-3-5-21(14-20)22-10-11-23(17-30-2)27(15-22)31-24-12-13-25(28)26(29)16-24/h3-16,30H,17H2,1-2H3. The van der Waals surface area contributed by atoms with E-state index < -0.39 is 0 Å². The van der Waals surface area contributed by atoms with Crippen LogP contribution in [-0.4, -0.2) is 7.05 Å². The van der Waals surface area contributed by atoms with Gasteiger partial charge in [0.05, 0.1) is 10.0 Å². The van der Waals surface area contributed by atoms with Crippen LogP contribution in [0, 0.1) is 6.92 Å². The summed E-state index contributed by atoms with van der Waals surface area (Å²) in [7, 11) is 1.92. The highest BCUT2D eigenvalue weighted by molar-refractivity contribution is 6.42. The van der Waals surface area contributed by atoms with Crippen LogP contribution < -0.4 is 10.1 Å². The first kappa shape index (κ1) is 21.5. The SMILES string of the molecule is CNCc1ccc(-c2cccc(-c3ccc(C)cc3)c2)cc1Oc1ccc(Cl)c(Cl)c1. The van der Waals surface area contributed by atoms with Crippen LogP contribution in [0.5, 0.6) is 11.5 Å². The maximum atomic E-state index is 6.20. The van der Waals surface area contributed by atoms with E-state index in [4.69, 9.17) is 27.9 Å². The fourth-order valence-electron chi connectivity index (χ4n) is 3.46. The van der Waals surface area contributed by atoms with E-state index in [1.165, 1.54) is 16.7 Å². The van der Waals surface area contributed by atoms with Gasteiger partial charge in [0.1, 0.15) is 11.5 Å². The van der Waals surface area contributed by atoms with Crippen molar-refractivity contribution in [3.8, 4) is 33.8 Å². The molecule has 0 amide bonds. The third-order valence-electron chi connectivity index (χ3n) is 5.13. The van der Waals surface area contributed by atoms with Gasteiger partial charge in [0, 0.05) is 18.2 Å². The fourth-order valence-corrected chi connectivity index (χ4v) is 3.75. The number of halogens is 2. The van der Waals surface area contributed by atoms with Crippen molar-refractivity contribution >= 4 is 23.2 Å². The second-order valence-corrected chi connectivity index (χ2v) is 8.29. The van der Waals surface area contributed by atoms with Gasteiger partial charge in [-0.2, -0.15) is 0 Å². The predicted molar refractivity (Wildman–Crippen MR) is 131 cm³/mol. The van der Waals surface area contributed by atoms with Crippen molar-refractivity contribution in [3.05, 3.63) is 106 Å². The van der Waals surface area contributed by atoms with Gasteiger partial charge in [-0.3, -0.25) is 0 Å². The molecule has 0 atom stereocenters. The molecule has 4 rings (SSSR count). The Hall–Kier alpha value is -2.78. The Kier molecular flexibility index (Phi) is 6.62. The average molecular weight is 448 g/mol. The monoisotopic (exact) mass is 447 g/mol. The van der Waals surface area contributed by atoms with Crippen molar-refractivity contribution in [2.45, 2.75) is 13.5 Å². The summed E-state index contributed by atoms with van der Waals surface area (Å²) in [6, 6.07) is 28.7. The number of aryl methyl sites for hydroxylation is 1. The largest absolute Gasteiger partial charge is 0.457 e. The maximum absolute atomic E-state index is 6.20. The zero-order valence-electron chi connectivity index (χ0n) is 17.5. The van der Waals surface area contributed by atoms with Crippen LogP contribution in [0.15, 0.2) is 84.9 Å². The Bertz CT molecular complexity index is 1200. The molecule has 156 valence electrons. The molecule has 31 heavy (non-hydrogen) atoms. The van der Waals surface area contributed by atoms with Gasteiger partial charge < -0.3 is 10.1 Å². The molecule has 0 saturated heterocycles. The molecule has 4 aromatic carbocycles. The Morgan fingerprint density at radius 2 is 1.39 bits per heavy atom. The molecule has 4 aromatic rings. The first-order valence-corrected chi connectivity index (χ1v) is 10.9. The number of hydrogen-bond acceptors (Lipinski definition) is 2. The number of rotatable bonds is 6. The van der Waals surface area contributed by atoms with Crippen molar-refractivity contribution < 1.29 is 4.74 Å². The van der Waals surface area contributed by atoms with E-state index in [1.54, 1.807) is 12.1 Å². The van der Waals surface area contributed by atoms with Crippen molar-refractivity contribution in [1.29, 1.82) is 0 Å². The molecule has 0 saturated carbocycles. The summed E-state index contributed by atoms with van der Waals surface area (Å²) in [6.45, 7) is 2.79. The van der Waals surface area contributed by atoms with Gasteiger partial charge in [0.25, 0.3) is 0 Å². The third-order valence-corrected chi connectivity index (χ3v) is 5.87. The molecule has 4 heteroatoms. The van der Waals surface area contributed by atoms with E-state index >= 15 is 0 Å². The minimum atomic E-state index is 0.469. The molecule has 0 aliphatic rings. The summed E-state index contributed by atoms with van der Waals surface area (Å²) in [5.41, 5.74) is 6.92. The molecule has 1 N–H and O–H groups in total. The van der Waals surface area contributed by atoms with Crippen molar-refractivity contribution in [1.82, 2.24) is 5.32 Å². The molecule has 0 heterocycles. The number of nitrogens with one attached hydrogen (secondary N) is 1. The molecule has 0 radical (unpaired) electrons. The second kappa shape index (κ2) is 9.57. The van der Waals surface area contributed by atoms with Gasteiger partial charge in [-0.1, -0.05) is 83.4 Å². The van der Waals surface area contributed by atoms with Gasteiger partial charge in [-0.05, 0) is 60.5 Å². The van der Waals surface area contributed by atoms with Crippen LogP contribution in [0.3, 0.4) is 0 Å². The lowest BCUT2D eigenvalue weighted by Gasteiger charge is -2.14. The number of ether oxygens (including phenoxy) is 1. The summed E-state index contributed by atoms with van der Waals surface area (Å²) in [5, 5.41) is 4.17. The summed E-state index contributed by atoms with van der Waals surface area (Å²) in [5.74, 6) is 1.43. The highest BCUT2D eigenvalue weighted by Gasteiger charge is 2.10. The Morgan fingerprint density at radius 3 is 2.10 bits per heavy atom. The van der Waals surface area contributed by atoms with Crippen LogP contribution in [0.2, 0.25) is 10.0 Å². The zero-order chi connectivity index (χ0) is 21.8. The van der Waals surface area contributed by atoms with E-state index in [0.29, 0.717) is 22.3 Å². The molecule has 0 aromatic heterocycles. The van der Waals surface area contributed by atoms with Crippen LogP contribution in [0.1, 0.15) is 11.1 Å². The lowest BCUT2D eigenvalue weighted by Crippen LogP contribution is -2.06. The van der Waals surface area contributed by atoms with Crippen LogP contribution in [0.4, 0.5) is 0 Å². The van der Waals surface area contributed by atoms with E-state index in [1.807, 2.05) is 13.1 Å². The molecule has 2 nitrogen and oxygen atoms in total. The molecule has 0 aliphatic carbocycles. The van der Waals surface area contributed by atoms with E-state index in [-0.39, 0.29) is 0 Å². The quantitative estimate of drug-likeness (QED) is 0.321. The lowest BCUT2D eigenvalue weighted by molar-refractivity contribution is 0.474. The van der Waals surface area contributed by atoms with Gasteiger partial charge in [-0.15, -0.1) is 0 Å². The number of benzene rings is 4. The van der Waals surface area contributed by atoms with Crippen LogP contribution >= 0.6 is 23.2 Å². The van der Waals surface area contributed by atoms with E-state index in [0.717, 1.165) is 22.4 Å². The average Bonchev–Trinajstić information content (AvgIpc) is 2.78. The van der Waals surface area contributed by atoms with Crippen LogP contribution in [0.25, 0.3) is 22.3 Å². The minimum Gasteiger partial charge on any atom is -0.457 e. The van der Waals surface area contributed by atoms with E-state index in [2.05, 4.69) is 79.0 Å². The van der Waals surface area contributed by atoms with Gasteiger partial charge in [0.2, 0.25) is 0 Å². The highest BCUT2D eigenvalue weighted by atomic mass is 35.5.